The minimum atomic E-state index is 0.126. The lowest BCUT2D eigenvalue weighted by Crippen LogP contribution is -2.32. The van der Waals surface area contributed by atoms with E-state index in [2.05, 4.69) is 17.0 Å². The molecule has 0 spiro atoms. The van der Waals surface area contributed by atoms with Crippen molar-refractivity contribution in [3.8, 4) is 0 Å². The first-order valence-electron chi connectivity index (χ1n) is 8.07. The van der Waals surface area contributed by atoms with Gasteiger partial charge < -0.3 is 4.90 Å². The molecule has 1 unspecified atom stereocenters. The summed E-state index contributed by atoms with van der Waals surface area (Å²) in [6.45, 7) is 7.85. The van der Waals surface area contributed by atoms with E-state index in [1.165, 1.54) is 6.42 Å². The first-order chi connectivity index (χ1) is 10.5. The van der Waals surface area contributed by atoms with Crippen LogP contribution in [0.1, 0.15) is 47.9 Å². The minimum Gasteiger partial charge on any atom is -0.339 e. The van der Waals surface area contributed by atoms with Crippen molar-refractivity contribution < 1.29 is 4.79 Å². The average molecular weight is 300 g/mol. The van der Waals surface area contributed by atoms with Gasteiger partial charge in [-0.2, -0.15) is 5.10 Å². The van der Waals surface area contributed by atoms with Crippen molar-refractivity contribution >= 4 is 16.9 Å². The van der Waals surface area contributed by atoms with Gasteiger partial charge in [0, 0.05) is 25.8 Å². The molecule has 1 atom stereocenters. The van der Waals surface area contributed by atoms with Crippen molar-refractivity contribution in [1.29, 1.82) is 0 Å². The summed E-state index contributed by atoms with van der Waals surface area (Å²) in [7, 11) is 1.88. The van der Waals surface area contributed by atoms with Crippen molar-refractivity contribution in [2.24, 2.45) is 13.0 Å². The molecule has 0 aromatic carbocycles. The summed E-state index contributed by atoms with van der Waals surface area (Å²) in [5.74, 6) is 0.831. The topological polar surface area (TPSA) is 51.0 Å². The monoisotopic (exact) mass is 300 g/mol. The van der Waals surface area contributed by atoms with E-state index in [1.54, 1.807) is 4.68 Å². The number of amides is 1. The zero-order valence-electron chi connectivity index (χ0n) is 13.9. The third kappa shape index (κ3) is 2.60. The third-order valence-corrected chi connectivity index (χ3v) is 4.63. The fourth-order valence-electron chi connectivity index (χ4n) is 3.38. The van der Waals surface area contributed by atoms with Gasteiger partial charge >= 0.3 is 0 Å². The van der Waals surface area contributed by atoms with Crippen LogP contribution in [0.15, 0.2) is 6.07 Å². The Morgan fingerprint density at radius 2 is 2.05 bits per heavy atom. The number of aromatic nitrogens is 3. The van der Waals surface area contributed by atoms with Crippen LogP contribution >= 0.6 is 0 Å². The molecule has 22 heavy (non-hydrogen) atoms. The lowest BCUT2D eigenvalue weighted by Gasteiger charge is -2.21. The third-order valence-electron chi connectivity index (χ3n) is 4.63. The van der Waals surface area contributed by atoms with Gasteiger partial charge in [0.25, 0.3) is 5.91 Å². The Bertz CT molecular complexity index is 719. The molecule has 5 nitrogen and oxygen atoms in total. The van der Waals surface area contributed by atoms with Crippen LogP contribution < -0.4 is 0 Å². The molecule has 1 amide bonds. The fourth-order valence-corrected chi connectivity index (χ4v) is 3.38. The molecule has 3 rings (SSSR count). The summed E-state index contributed by atoms with van der Waals surface area (Å²) in [6.07, 6.45) is 3.39. The molecule has 0 radical (unpaired) electrons. The number of carbonyl (C=O) groups is 1. The van der Waals surface area contributed by atoms with Crippen LogP contribution in [0.2, 0.25) is 0 Å². The Morgan fingerprint density at radius 1 is 1.27 bits per heavy atom. The summed E-state index contributed by atoms with van der Waals surface area (Å²) < 4.78 is 1.76. The van der Waals surface area contributed by atoms with Gasteiger partial charge in [0.05, 0.1) is 16.6 Å². The van der Waals surface area contributed by atoms with Crippen molar-refractivity contribution in [1.82, 2.24) is 19.7 Å². The Labute approximate surface area is 131 Å². The van der Waals surface area contributed by atoms with Crippen molar-refractivity contribution in [3.05, 3.63) is 23.0 Å². The number of rotatable bonds is 1. The maximum atomic E-state index is 13.0. The van der Waals surface area contributed by atoms with Crippen LogP contribution in [0, 0.1) is 19.8 Å². The lowest BCUT2D eigenvalue weighted by atomic mass is 10.0. The van der Waals surface area contributed by atoms with Crippen LogP contribution in [-0.4, -0.2) is 38.7 Å². The van der Waals surface area contributed by atoms with E-state index in [0.29, 0.717) is 5.92 Å². The number of carbonyl (C=O) groups excluding carboxylic acids is 1. The van der Waals surface area contributed by atoms with Crippen molar-refractivity contribution in [3.63, 3.8) is 0 Å². The van der Waals surface area contributed by atoms with E-state index in [4.69, 9.17) is 0 Å². The highest BCUT2D eigenvalue weighted by molar-refractivity contribution is 6.06. The Hall–Kier alpha value is -1.91. The van der Waals surface area contributed by atoms with Gasteiger partial charge in [-0.05, 0) is 45.1 Å². The highest BCUT2D eigenvalue weighted by atomic mass is 16.2. The molecule has 1 fully saturated rings. The SMILES string of the molecule is Cc1cc(C(=O)N2CCCC(C)CC2)c2c(C)nn(C)c2n1. The van der Waals surface area contributed by atoms with E-state index in [0.717, 1.165) is 53.9 Å². The number of pyridine rings is 1. The highest BCUT2D eigenvalue weighted by Crippen LogP contribution is 2.25. The second kappa shape index (κ2) is 5.71. The first kappa shape index (κ1) is 15.0. The molecule has 0 bridgehead atoms. The molecule has 3 heterocycles. The zero-order chi connectivity index (χ0) is 15.9. The number of fused-ring (bicyclic) bond motifs is 1. The van der Waals surface area contributed by atoms with Crippen molar-refractivity contribution in [2.45, 2.75) is 40.0 Å². The normalized spacial score (nSPS) is 19.5. The lowest BCUT2D eigenvalue weighted by molar-refractivity contribution is 0.0762. The number of hydrogen-bond acceptors (Lipinski definition) is 3. The fraction of sp³-hybridized carbons (Fsp3) is 0.588. The van der Waals surface area contributed by atoms with Crippen LogP contribution in [0.5, 0.6) is 0 Å². The van der Waals surface area contributed by atoms with E-state index < -0.39 is 0 Å². The molecule has 0 saturated carbocycles. The first-order valence-corrected chi connectivity index (χ1v) is 8.07. The molecule has 0 aliphatic carbocycles. The summed E-state index contributed by atoms with van der Waals surface area (Å²) in [5.41, 5.74) is 3.28. The summed E-state index contributed by atoms with van der Waals surface area (Å²) in [4.78, 5) is 19.6. The molecule has 5 heteroatoms. The quantitative estimate of drug-likeness (QED) is 0.813. The van der Waals surface area contributed by atoms with Gasteiger partial charge in [-0.25, -0.2) is 4.98 Å². The van der Waals surface area contributed by atoms with E-state index >= 15 is 0 Å². The molecule has 2 aromatic heterocycles. The maximum absolute atomic E-state index is 13.0. The van der Waals surface area contributed by atoms with Crippen LogP contribution in [0.3, 0.4) is 0 Å². The number of hydrogen-bond donors (Lipinski definition) is 0. The smallest absolute Gasteiger partial charge is 0.254 e. The highest BCUT2D eigenvalue weighted by Gasteiger charge is 2.24. The summed E-state index contributed by atoms with van der Waals surface area (Å²) in [6, 6.07) is 1.91. The molecule has 118 valence electrons. The van der Waals surface area contributed by atoms with Gasteiger partial charge in [-0.15, -0.1) is 0 Å². The van der Waals surface area contributed by atoms with E-state index in [-0.39, 0.29) is 5.91 Å². The summed E-state index contributed by atoms with van der Waals surface area (Å²) >= 11 is 0. The molecule has 2 aromatic rings. The second-order valence-electron chi connectivity index (χ2n) is 6.55. The molecule has 1 aliphatic rings. The Balaban J connectivity index is 2.03. The molecular formula is C17H24N4O. The Morgan fingerprint density at radius 3 is 2.82 bits per heavy atom. The van der Waals surface area contributed by atoms with Crippen molar-refractivity contribution in [2.75, 3.05) is 13.1 Å². The maximum Gasteiger partial charge on any atom is 0.254 e. The van der Waals surface area contributed by atoms with Gasteiger partial charge in [0.1, 0.15) is 0 Å². The van der Waals surface area contributed by atoms with Gasteiger partial charge in [0.2, 0.25) is 0 Å². The number of aryl methyl sites for hydroxylation is 3. The number of likely N-dealkylation sites (tertiary alicyclic amines) is 1. The van der Waals surface area contributed by atoms with Gasteiger partial charge in [-0.1, -0.05) is 6.92 Å². The Kier molecular flexibility index (Phi) is 3.89. The molecule has 1 aliphatic heterocycles. The second-order valence-corrected chi connectivity index (χ2v) is 6.55. The molecule has 0 N–H and O–H groups in total. The predicted octanol–water partition coefficient (Wildman–Crippen LogP) is 2.85. The molecular weight excluding hydrogens is 276 g/mol. The number of nitrogens with zero attached hydrogens (tertiary/aromatic N) is 4. The van der Waals surface area contributed by atoms with Crippen LogP contribution in [0.4, 0.5) is 0 Å². The summed E-state index contributed by atoms with van der Waals surface area (Å²) in [5, 5.41) is 5.33. The van der Waals surface area contributed by atoms with Gasteiger partial charge in [-0.3, -0.25) is 9.48 Å². The van der Waals surface area contributed by atoms with E-state index in [1.807, 2.05) is 31.9 Å². The van der Waals surface area contributed by atoms with Gasteiger partial charge in [0.15, 0.2) is 5.65 Å². The van der Waals surface area contributed by atoms with E-state index in [9.17, 15) is 4.79 Å². The average Bonchev–Trinajstić information content (AvgIpc) is 2.65. The zero-order valence-corrected chi connectivity index (χ0v) is 13.9. The van der Waals surface area contributed by atoms with Crippen LogP contribution in [0.25, 0.3) is 11.0 Å². The standard InChI is InChI=1S/C17H24N4O/c1-11-6-5-8-21(9-7-11)17(22)14-10-12(2)18-16-15(14)13(3)19-20(16)4/h10-11H,5-9H2,1-4H3. The minimum absolute atomic E-state index is 0.126. The largest absolute Gasteiger partial charge is 0.339 e. The van der Waals surface area contributed by atoms with Crippen LogP contribution in [-0.2, 0) is 7.05 Å². The predicted molar refractivity (Wildman–Crippen MR) is 86.9 cm³/mol. The molecule has 1 saturated heterocycles.